The number of carboxylic acids is 1. The zero-order valence-electron chi connectivity index (χ0n) is 24.7. The van der Waals surface area contributed by atoms with Crippen LogP contribution >= 0.6 is 7.82 Å². The molecule has 19 nitrogen and oxygen atoms in total. The number of rotatable bonds is 15. The second-order valence-electron chi connectivity index (χ2n) is 10.4. The molecule has 2 heterocycles. The van der Waals surface area contributed by atoms with Crippen molar-refractivity contribution in [2.24, 2.45) is 5.92 Å². The van der Waals surface area contributed by atoms with Crippen LogP contribution in [0.3, 0.4) is 0 Å². The molecule has 0 aromatic carbocycles. The van der Waals surface area contributed by atoms with Crippen LogP contribution in [0.25, 0.3) is 0 Å². The van der Waals surface area contributed by atoms with Gasteiger partial charge >= 0.3 is 13.8 Å². The first-order valence-electron chi connectivity index (χ1n) is 13.5. The summed E-state index contributed by atoms with van der Waals surface area (Å²) in [7, 11) is -5.07. The smallest absolute Gasteiger partial charge is 0.474 e. The Hall–Kier alpha value is -2.13. The van der Waals surface area contributed by atoms with Gasteiger partial charge in [0.2, 0.25) is 11.8 Å². The highest BCUT2D eigenvalue weighted by Gasteiger charge is 2.54. The summed E-state index contributed by atoms with van der Waals surface area (Å²) >= 11 is 0. The average Bonchev–Trinajstić information content (AvgIpc) is 2.92. The third-order valence-corrected chi connectivity index (χ3v) is 7.77. The van der Waals surface area contributed by atoms with Gasteiger partial charge in [-0.15, -0.1) is 0 Å². The maximum absolute atomic E-state index is 12.6. The minimum atomic E-state index is -5.07. The van der Waals surface area contributed by atoms with E-state index in [1.807, 2.05) is 0 Å². The number of phosphoric acid groups is 1. The van der Waals surface area contributed by atoms with Gasteiger partial charge in [-0.1, -0.05) is 0 Å². The molecule has 2 rings (SSSR count). The maximum atomic E-state index is 12.6. The number of nitrogens with one attached hydrogen (secondary N) is 2. The van der Waals surface area contributed by atoms with Crippen LogP contribution in [0.15, 0.2) is 0 Å². The molecule has 8 N–H and O–H groups in total. The number of ether oxygens (including phenoxy) is 4. The summed E-state index contributed by atoms with van der Waals surface area (Å²) in [4.78, 5) is 57.1. The van der Waals surface area contributed by atoms with E-state index in [0.717, 1.165) is 13.8 Å². The zero-order chi connectivity index (χ0) is 33.5. The molecule has 2 aliphatic heterocycles. The lowest BCUT2D eigenvalue weighted by molar-refractivity contribution is -0.329. The summed E-state index contributed by atoms with van der Waals surface area (Å²) in [6, 6.07) is -3.03. The minimum Gasteiger partial charge on any atom is -0.481 e. The minimum absolute atomic E-state index is 0.425. The predicted molar refractivity (Wildman–Crippen MR) is 142 cm³/mol. The van der Waals surface area contributed by atoms with Gasteiger partial charge in [-0.25, -0.2) is 4.57 Å². The lowest BCUT2D eigenvalue weighted by Gasteiger charge is -2.49. The first-order chi connectivity index (χ1) is 20.4. The summed E-state index contributed by atoms with van der Waals surface area (Å²) in [6.45, 7) is 3.57. The number of aliphatic carboxylic acids is 1. The first kappa shape index (κ1) is 38.1. The van der Waals surface area contributed by atoms with Gasteiger partial charge in [-0.05, 0) is 20.8 Å². The molecule has 0 spiro atoms. The summed E-state index contributed by atoms with van der Waals surface area (Å²) in [5.41, 5.74) is 0. The van der Waals surface area contributed by atoms with E-state index in [4.69, 9.17) is 33.1 Å². The highest BCUT2D eigenvalue weighted by Crippen LogP contribution is 2.47. The number of hydrogen-bond donors (Lipinski definition) is 8. The molecule has 2 aliphatic rings. The van der Waals surface area contributed by atoms with Gasteiger partial charge in [0.15, 0.2) is 18.4 Å². The second kappa shape index (κ2) is 16.4. The molecule has 2 saturated heterocycles. The highest BCUT2D eigenvalue weighted by atomic mass is 31.2. The van der Waals surface area contributed by atoms with E-state index in [1.165, 1.54) is 20.8 Å². The van der Waals surface area contributed by atoms with Gasteiger partial charge < -0.3 is 60.0 Å². The Bertz CT molecular complexity index is 1060. The van der Waals surface area contributed by atoms with Crippen molar-refractivity contribution < 1.29 is 82.2 Å². The average molecular weight is 661 g/mol. The molecule has 11 unspecified atom stereocenters. The zero-order valence-corrected chi connectivity index (χ0v) is 25.6. The summed E-state index contributed by atoms with van der Waals surface area (Å²) < 4.78 is 45.1. The third kappa shape index (κ3) is 10.2. The van der Waals surface area contributed by atoms with Crippen LogP contribution in [0, 0.1) is 5.92 Å². The normalized spacial score (nSPS) is 35.1. The Labute approximate surface area is 252 Å². The molecule has 0 saturated carbocycles. The largest absolute Gasteiger partial charge is 0.481 e. The number of aliphatic hydroxyl groups is 4. The van der Waals surface area contributed by atoms with Crippen LogP contribution in [-0.4, -0.2) is 141 Å². The number of aliphatic hydroxyl groups excluding tert-OH is 4. The molecule has 254 valence electrons. The molecular weight excluding hydrogens is 619 g/mol. The Morgan fingerprint density at radius 2 is 1.41 bits per heavy atom. The van der Waals surface area contributed by atoms with Crippen molar-refractivity contribution in [1.29, 1.82) is 0 Å². The summed E-state index contributed by atoms with van der Waals surface area (Å²) in [6.07, 6.45) is -14.1. The fourth-order valence-corrected chi connectivity index (χ4v) is 5.29. The SMILES string of the molecule is CC(=O)NC1C(OP(=O)(O)OC[C@@H](C)C(=O)O)OC(CO)C(OC2OC(CO)C(O)C(O[C@H](C)C(C)=O)C2NC(C)=O)C1O. The second-order valence-corrected chi connectivity index (χ2v) is 11.9. The van der Waals surface area contributed by atoms with Gasteiger partial charge in [0.25, 0.3) is 0 Å². The maximum Gasteiger partial charge on any atom is 0.474 e. The lowest BCUT2D eigenvalue weighted by Crippen LogP contribution is -2.69. The van der Waals surface area contributed by atoms with E-state index in [1.54, 1.807) is 0 Å². The standard InChI is InChI=1S/C24H41N2O17P/c1-9(22(34)35)8-38-44(36,37)43-24-16(25-12(4)30)19(33)20(15(7-28)41-24)42-23-17(26-13(5)31)21(39-11(3)10(2)29)18(32)14(6-27)40-23/h9,11,14-21,23-24,27-28,32-33H,6-8H2,1-5H3,(H,25,30)(H,26,31)(H,34,35)(H,36,37)/t9-,11-,14?,15?,16?,17?,18?,19?,20?,21?,23?,24?/m1/s1. The third-order valence-electron chi connectivity index (χ3n) is 6.82. The molecular formula is C24H41N2O17P. The van der Waals surface area contributed by atoms with Crippen LogP contribution in [0.2, 0.25) is 0 Å². The Kier molecular flexibility index (Phi) is 14.2. The van der Waals surface area contributed by atoms with Crippen molar-refractivity contribution in [1.82, 2.24) is 10.6 Å². The Morgan fingerprint density at radius 3 is 1.91 bits per heavy atom. The summed E-state index contributed by atoms with van der Waals surface area (Å²) in [5.74, 6) is -4.36. The van der Waals surface area contributed by atoms with Gasteiger partial charge in [-0.3, -0.25) is 28.2 Å². The Morgan fingerprint density at radius 1 is 0.864 bits per heavy atom. The van der Waals surface area contributed by atoms with Crippen LogP contribution in [0.1, 0.15) is 34.6 Å². The van der Waals surface area contributed by atoms with Crippen LogP contribution < -0.4 is 10.6 Å². The quantitative estimate of drug-likeness (QED) is 0.0801. The van der Waals surface area contributed by atoms with E-state index in [-0.39, 0.29) is 0 Å². The number of hydrogen-bond acceptors (Lipinski definition) is 15. The molecule has 20 heteroatoms. The molecule has 0 bridgehead atoms. The van der Waals surface area contributed by atoms with Crippen molar-refractivity contribution in [2.45, 2.75) is 102 Å². The van der Waals surface area contributed by atoms with E-state index in [0.29, 0.717) is 0 Å². The van der Waals surface area contributed by atoms with Crippen LogP contribution in [0.5, 0.6) is 0 Å². The van der Waals surface area contributed by atoms with Crippen LogP contribution in [-0.2, 0) is 51.7 Å². The monoisotopic (exact) mass is 660 g/mol. The van der Waals surface area contributed by atoms with Gasteiger partial charge in [-0.2, -0.15) is 0 Å². The van der Waals surface area contributed by atoms with E-state index in [2.05, 4.69) is 10.6 Å². The molecule has 0 aromatic rings. The van der Waals surface area contributed by atoms with Gasteiger partial charge in [0, 0.05) is 13.8 Å². The Balaban J connectivity index is 2.40. The van der Waals surface area contributed by atoms with E-state index < -0.39 is 125 Å². The molecule has 0 aliphatic carbocycles. The van der Waals surface area contributed by atoms with Gasteiger partial charge in [0.05, 0.1) is 25.7 Å². The number of amides is 2. The topological polar surface area (TPSA) is 286 Å². The van der Waals surface area contributed by atoms with E-state index >= 15 is 0 Å². The lowest BCUT2D eigenvalue weighted by atomic mass is 9.94. The van der Waals surface area contributed by atoms with Crippen molar-refractivity contribution in [3.05, 3.63) is 0 Å². The van der Waals surface area contributed by atoms with Crippen LogP contribution in [0.4, 0.5) is 0 Å². The van der Waals surface area contributed by atoms with Gasteiger partial charge in [0.1, 0.15) is 54.8 Å². The number of ketones is 1. The highest BCUT2D eigenvalue weighted by molar-refractivity contribution is 7.47. The first-order valence-corrected chi connectivity index (χ1v) is 15.0. The van der Waals surface area contributed by atoms with Crippen molar-refractivity contribution in [3.8, 4) is 0 Å². The number of carbonyl (C=O) groups is 4. The molecule has 2 fully saturated rings. The number of carboxylic acid groups (broad SMARTS) is 1. The predicted octanol–water partition coefficient (Wildman–Crippen LogP) is -3.25. The molecule has 0 aromatic heterocycles. The molecule has 44 heavy (non-hydrogen) atoms. The summed E-state index contributed by atoms with van der Waals surface area (Å²) in [5, 5.41) is 55.7. The number of phosphoric ester groups is 1. The van der Waals surface area contributed by atoms with E-state index in [9.17, 15) is 49.1 Å². The van der Waals surface area contributed by atoms with Crippen molar-refractivity contribution in [3.63, 3.8) is 0 Å². The number of carbonyl (C=O) groups excluding carboxylic acids is 3. The molecule has 0 radical (unpaired) electrons. The fourth-order valence-electron chi connectivity index (χ4n) is 4.37. The fraction of sp³-hybridized carbons (Fsp3) is 0.833. The molecule has 13 atom stereocenters. The number of Topliss-reactive ketones (excluding diaryl/α,β-unsaturated/α-hetero) is 1. The van der Waals surface area contributed by atoms with Crippen molar-refractivity contribution >= 4 is 31.4 Å². The molecule has 2 amide bonds. The van der Waals surface area contributed by atoms with Crippen molar-refractivity contribution in [2.75, 3.05) is 19.8 Å².